The summed E-state index contributed by atoms with van der Waals surface area (Å²) in [7, 11) is 0. The van der Waals surface area contributed by atoms with Crippen LogP contribution in [0.4, 0.5) is 0 Å². The Balaban J connectivity index is 0.00000144. The maximum absolute atomic E-state index is 12.1. The highest BCUT2D eigenvalue weighted by Gasteiger charge is 2.26. The van der Waals surface area contributed by atoms with Crippen molar-refractivity contribution in [1.29, 1.82) is 0 Å². The molecular formula is C11H18ClN3OS. The average Bonchev–Trinajstić information content (AvgIpc) is 2.97. The third-order valence-corrected chi connectivity index (χ3v) is 3.97. The lowest BCUT2D eigenvalue weighted by molar-refractivity contribution is 0.0781. The summed E-state index contributed by atoms with van der Waals surface area (Å²) in [6.07, 6.45) is 2.27. The molecule has 2 rings (SSSR count). The molecule has 0 aliphatic carbocycles. The van der Waals surface area contributed by atoms with Gasteiger partial charge in [-0.15, -0.1) is 23.7 Å². The van der Waals surface area contributed by atoms with Crippen molar-refractivity contribution in [3.8, 4) is 0 Å². The van der Waals surface area contributed by atoms with Crippen LogP contribution in [0.25, 0.3) is 0 Å². The smallest absolute Gasteiger partial charge is 0.273 e. The van der Waals surface area contributed by atoms with Crippen molar-refractivity contribution < 1.29 is 4.79 Å². The van der Waals surface area contributed by atoms with E-state index in [-0.39, 0.29) is 18.3 Å². The molecule has 1 atom stereocenters. The highest BCUT2D eigenvalue weighted by Crippen LogP contribution is 2.21. The van der Waals surface area contributed by atoms with E-state index in [4.69, 9.17) is 5.73 Å². The van der Waals surface area contributed by atoms with E-state index in [0.29, 0.717) is 18.2 Å². The molecule has 6 heteroatoms. The largest absolute Gasteiger partial charge is 0.337 e. The summed E-state index contributed by atoms with van der Waals surface area (Å²) in [5.41, 5.74) is 6.04. The Labute approximate surface area is 112 Å². The zero-order chi connectivity index (χ0) is 11.5. The molecule has 2 heterocycles. The third-order valence-electron chi connectivity index (χ3n) is 3.10. The molecule has 0 radical (unpaired) electrons. The van der Waals surface area contributed by atoms with Gasteiger partial charge in [0.05, 0.1) is 0 Å². The summed E-state index contributed by atoms with van der Waals surface area (Å²) in [5, 5.41) is 2.64. The van der Waals surface area contributed by atoms with Crippen molar-refractivity contribution >= 4 is 29.7 Å². The summed E-state index contributed by atoms with van der Waals surface area (Å²) in [6, 6.07) is 0. The molecule has 96 valence electrons. The van der Waals surface area contributed by atoms with Gasteiger partial charge in [-0.1, -0.05) is 13.3 Å². The van der Waals surface area contributed by atoms with Gasteiger partial charge < -0.3 is 10.6 Å². The van der Waals surface area contributed by atoms with E-state index in [1.165, 1.54) is 11.3 Å². The van der Waals surface area contributed by atoms with Crippen molar-refractivity contribution in [2.24, 2.45) is 11.7 Å². The van der Waals surface area contributed by atoms with E-state index in [1.807, 2.05) is 10.3 Å². The summed E-state index contributed by atoms with van der Waals surface area (Å²) in [5.74, 6) is 0.725. The monoisotopic (exact) mass is 275 g/mol. The van der Waals surface area contributed by atoms with Crippen LogP contribution >= 0.6 is 23.7 Å². The third kappa shape index (κ3) is 3.18. The van der Waals surface area contributed by atoms with E-state index < -0.39 is 0 Å². The van der Waals surface area contributed by atoms with Gasteiger partial charge in [-0.05, 0) is 12.3 Å². The Morgan fingerprint density at radius 1 is 1.71 bits per heavy atom. The maximum Gasteiger partial charge on any atom is 0.273 e. The van der Waals surface area contributed by atoms with Crippen molar-refractivity contribution in [3.05, 3.63) is 16.1 Å². The number of halogens is 1. The van der Waals surface area contributed by atoms with Crippen LogP contribution in [0.5, 0.6) is 0 Å². The molecule has 1 unspecified atom stereocenters. The minimum atomic E-state index is 0. The molecule has 17 heavy (non-hydrogen) atoms. The molecule has 0 aromatic carbocycles. The fraction of sp³-hybridized carbons (Fsp3) is 0.636. The number of rotatable bonds is 3. The predicted octanol–water partition coefficient (Wildman–Crippen LogP) is 1.90. The van der Waals surface area contributed by atoms with Crippen molar-refractivity contribution in [2.75, 3.05) is 13.1 Å². The minimum absolute atomic E-state index is 0. The molecule has 2 N–H and O–H groups in total. The zero-order valence-electron chi connectivity index (χ0n) is 9.89. The first-order valence-electron chi connectivity index (χ1n) is 5.68. The number of carbonyl (C=O) groups is 1. The number of hydrogen-bond donors (Lipinski definition) is 1. The highest BCUT2D eigenvalue weighted by atomic mass is 35.5. The topological polar surface area (TPSA) is 59.2 Å². The fourth-order valence-corrected chi connectivity index (χ4v) is 2.66. The van der Waals surface area contributed by atoms with Gasteiger partial charge in [0.1, 0.15) is 10.7 Å². The number of amides is 1. The van der Waals surface area contributed by atoms with E-state index in [9.17, 15) is 4.79 Å². The van der Waals surface area contributed by atoms with Crippen LogP contribution in [0.15, 0.2) is 5.38 Å². The van der Waals surface area contributed by atoms with Crippen molar-refractivity contribution in [2.45, 2.75) is 26.3 Å². The Morgan fingerprint density at radius 2 is 2.47 bits per heavy atom. The number of nitrogens with zero attached hydrogens (tertiary/aromatic N) is 2. The quantitative estimate of drug-likeness (QED) is 0.917. The molecule has 0 spiro atoms. The van der Waals surface area contributed by atoms with Crippen LogP contribution in [0.3, 0.4) is 0 Å². The van der Waals surface area contributed by atoms with Gasteiger partial charge >= 0.3 is 0 Å². The lowest BCUT2D eigenvalue weighted by Gasteiger charge is -2.14. The molecule has 1 aliphatic rings. The second-order valence-electron chi connectivity index (χ2n) is 4.14. The molecule has 1 amide bonds. The van der Waals surface area contributed by atoms with Crippen molar-refractivity contribution in [3.63, 3.8) is 0 Å². The SMILES string of the molecule is CCC1CCN(C(=O)c2csc(CN)n2)C1.Cl. The van der Waals surface area contributed by atoms with Gasteiger partial charge in [-0.3, -0.25) is 4.79 Å². The lowest BCUT2D eigenvalue weighted by atomic mass is 10.1. The van der Waals surface area contributed by atoms with E-state index in [1.54, 1.807) is 0 Å². The van der Waals surface area contributed by atoms with Crippen LogP contribution in [-0.4, -0.2) is 28.9 Å². The second-order valence-corrected chi connectivity index (χ2v) is 5.09. The Kier molecular flexibility index (Phi) is 5.36. The first-order valence-corrected chi connectivity index (χ1v) is 6.56. The lowest BCUT2D eigenvalue weighted by Crippen LogP contribution is -2.28. The summed E-state index contributed by atoms with van der Waals surface area (Å²) < 4.78 is 0. The van der Waals surface area contributed by atoms with Gasteiger partial charge in [-0.2, -0.15) is 0 Å². The molecule has 1 fully saturated rings. The summed E-state index contributed by atoms with van der Waals surface area (Å²) in [6.45, 7) is 4.33. The van der Waals surface area contributed by atoms with E-state index in [0.717, 1.165) is 30.9 Å². The zero-order valence-corrected chi connectivity index (χ0v) is 11.5. The molecule has 0 saturated carbocycles. The Hall–Kier alpha value is -0.650. The van der Waals surface area contributed by atoms with Crippen LogP contribution in [0.1, 0.15) is 35.3 Å². The molecule has 1 saturated heterocycles. The van der Waals surface area contributed by atoms with Gasteiger partial charge in [0.25, 0.3) is 5.91 Å². The first kappa shape index (κ1) is 14.4. The predicted molar refractivity (Wildman–Crippen MR) is 71.6 cm³/mol. The average molecular weight is 276 g/mol. The van der Waals surface area contributed by atoms with Crippen LogP contribution in [0.2, 0.25) is 0 Å². The van der Waals surface area contributed by atoms with Gasteiger partial charge in [-0.25, -0.2) is 4.98 Å². The number of aromatic nitrogens is 1. The molecular weight excluding hydrogens is 258 g/mol. The first-order chi connectivity index (χ1) is 7.74. The molecule has 0 bridgehead atoms. The van der Waals surface area contributed by atoms with Gasteiger partial charge in [0, 0.05) is 25.0 Å². The number of hydrogen-bond acceptors (Lipinski definition) is 4. The van der Waals surface area contributed by atoms with Crippen LogP contribution in [-0.2, 0) is 6.54 Å². The summed E-state index contributed by atoms with van der Waals surface area (Å²) in [4.78, 5) is 18.2. The van der Waals surface area contributed by atoms with E-state index >= 15 is 0 Å². The maximum atomic E-state index is 12.1. The fourth-order valence-electron chi connectivity index (χ4n) is 2.02. The number of carbonyl (C=O) groups excluding carboxylic acids is 1. The van der Waals surface area contributed by atoms with Crippen LogP contribution in [0, 0.1) is 5.92 Å². The number of likely N-dealkylation sites (tertiary alicyclic amines) is 1. The molecule has 1 aromatic heterocycles. The molecule has 1 aliphatic heterocycles. The van der Waals surface area contributed by atoms with E-state index in [2.05, 4.69) is 11.9 Å². The summed E-state index contributed by atoms with van der Waals surface area (Å²) >= 11 is 1.46. The molecule has 1 aromatic rings. The number of nitrogens with two attached hydrogens (primary N) is 1. The normalized spacial score (nSPS) is 19.2. The minimum Gasteiger partial charge on any atom is -0.337 e. The number of thiazole rings is 1. The molecule has 4 nitrogen and oxygen atoms in total. The Bertz CT molecular complexity index is 383. The van der Waals surface area contributed by atoms with Crippen molar-refractivity contribution in [1.82, 2.24) is 9.88 Å². The van der Waals surface area contributed by atoms with Crippen LogP contribution < -0.4 is 5.73 Å². The van der Waals surface area contributed by atoms with Gasteiger partial charge in [0.15, 0.2) is 0 Å². The highest BCUT2D eigenvalue weighted by molar-refractivity contribution is 7.09. The standard InChI is InChI=1S/C11H17N3OS.ClH/c1-2-8-3-4-14(6-8)11(15)9-7-16-10(5-12)13-9;/h7-8H,2-6,12H2,1H3;1H. The second kappa shape index (κ2) is 6.33. The Morgan fingerprint density at radius 3 is 3.00 bits per heavy atom. The van der Waals surface area contributed by atoms with Gasteiger partial charge in [0.2, 0.25) is 0 Å².